The first-order chi connectivity index (χ1) is 9.70. The highest BCUT2D eigenvalue weighted by Gasteiger charge is 2.23. The van der Waals surface area contributed by atoms with Gasteiger partial charge in [0.05, 0.1) is 15.7 Å². The molecule has 0 aromatic heterocycles. The van der Waals surface area contributed by atoms with E-state index in [2.05, 4.69) is 20.7 Å². The summed E-state index contributed by atoms with van der Waals surface area (Å²) in [4.78, 5) is -0.337. The number of nitrogens with two attached hydrogens (primary N) is 1. The molecule has 9 heteroatoms. The van der Waals surface area contributed by atoms with Crippen LogP contribution in [0.4, 0.5) is 15.8 Å². The van der Waals surface area contributed by atoms with E-state index in [-0.39, 0.29) is 26.3 Å². The Hall–Kier alpha value is -1.02. The number of halogens is 4. The molecular formula is C12H8BrCl2FN2O2S. The number of rotatable bonds is 3. The number of nitrogen functional groups attached to an aromatic ring is 1. The van der Waals surface area contributed by atoms with Crippen LogP contribution in [0.25, 0.3) is 0 Å². The van der Waals surface area contributed by atoms with Crippen molar-refractivity contribution in [3.05, 3.63) is 50.7 Å². The lowest BCUT2D eigenvalue weighted by Gasteiger charge is -2.12. The maximum atomic E-state index is 13.6. The molecule has 0 heterocycles. The van der Waals surface area contributed by atoms with E-state index in [4.69, 9.17) is 28.9 Å². The first-order valence-electron chi connectivity index (χ1n) is 5.43. The molecule has 0 radical (unpaired) electrons. The summed E-state index contributed by atoms with van der Waals surface area (Å²) in [6.45, 7) is 0. The summed E-state index contributed by atoms with van der Waals surface area (Å²) >= 11 is 15.0. The van der Waals surface area contributed by atoms with Gasteiger partial charge < -0.3 is 5.73 Å². The fourth-order valence-corrected chi connectivity index (χ4v) is 4.60. The molecule has 2 aromatic rings. The number of nitrogens with one attached hydrogen (secondary N) is 1. The lowest BCUT2D eigenvalue weighted by atomic mass is 10.3. The Morgan fingerprint density at radius 2 is 1.71 bits per heavy atom. The van der Waals surface area contributed by atoms with Gasteiger partial charge in [-0.2, -0.15) is 0 Å². The van der Waals surface area contributed by atoms with Crippen LogP contribution in [0.5, 0.6) is 0 Å². The molecule has 0 bridgehead atoms. The summed E-state index contributed by atoms with van der Waals surface area (Å²) in [7, 11) is -4.16. The summed E-state index contributed by atoms with van der Waals surface area (Å²) in [6.07, 6.45) is 0. The van der Waals surface area contributed by atoms with E-state index >= 15 is 0 Å². The molecule has 21 heavy (non-hydrogen) atoms. The lowest BCUT2D eigenvalue weighted by molar-refractivity contribution is 0.598. The Kier molecular flexibility index (Phi) is 4.67. The molecule has 0 atom stereocenters. The van der Waals surface area contributed by atoms with Gasteiger partial charge in [-0.05, 0) is 30.3 Å². The predicted molar refractivity (Wildman–Crippen MR) is 85.8 cm³/mol. The third-order valence-corrected chi connectivity index (χ3v) is 5.21. The summed E-state index contributed by atoms with van der Waals surface area (Å²) in [5.74, 6) is -0.767. The minimum atomic E-state index is -4.16. The predicted octanol–water partition coefficient (Wildman–Crippen LogP) is 4.28. The van der Waals surface area contributed by atoms with Crippen LogP contribution < -0.4 is 10.5 Å². The van der Waals surface area contributed by atoms with E-state index in [1.807, 2.05) is 0 Å². The lowest BCUT2D eigenvalue weighted by Crippen LogP contribution is -2.15. The van der Waals surface area contributed by atoms with Crippen LogP contribution in [-0.2, 0) is 10.0 Å². The van der Waals surface area contributed by atoms with E-state index in [1.54, 1.807) is 0 Å². The van der Waals surface area contributed by atoms with E-state index < -0.39 is 15.8 Å². The zero-order valence-electron chi connectivity index (χ0n) is 10.2. The molecule has 0 aliphatic heterocycles. The first-order valence-corrected chi connectivity index (χ1v) is 8.46. The summed E-state index contributed by atoms with van der Waals surface area (Å²) in [6, 6.07) is 6.27. The van der Waals surface area contributed by atoms with Crippen LogP contribution >= 0.6 is 39.1 Å². The first kappa shape index (κ1) is 16.4. The molecule has 0 saturated carbocycles. The smallest absolute Gasteiger partial charge is 0.264 e. The molecule has 112 valence electrons. The van der Waals surface area contributed by atoms with Crippen molar-refractivity contribution < 1.29 is 12.8 Å². The fraction of sp³-hybridized carbons (Fsp3) is 0. The van der Waals surface area contributed by atoms with Crippen molar-refractivity contribution in [3.63, 3.8) is 0 Å². The number of anilines is 2. The third-order valence-electron chi connectivity index (χ3n) is 2.47. The number of sulfonamides is 1. The minimum Gasteiger partial charge on any atom is -0.399 e. The van der Waals surface area contributed by atoms with Crippen molar-refractivity contribution >= 4 is 60.5 Å². The molecule has 2 aromatic carbocycles. The Morgan fingerprint density at radius 3 is 2.29 bits per heavy atom. The van der Waals surface area contributed by atoms with E-state index in [0.717, 1.165) is 12.1 Å². The second-order valence-corrected chi connectivity index (χ2v) is 7.39. The van der Waals surface area contributed by atoms with E-state index in [0.29, 0.717) is 4.47 Å². The average Bonchev–Trinajstić information content (AvgIpc) is 2.31. The van der Waals surface area contributed by atoms with Gasteiger partial charge in [-0.3, -0.25) is 4.72 Å². The van der Waals surface area contributed by atoms with Crippen LogP contribution in [0.2, 0.25) is 10.0 Å². The molecule has 0 aliphatic rings. The molecular weight excluding hydrogens is 406 g/mol. The molecule has 0 spiro atoms. The van der Waals surface area contributed by atoms with Crippen molar-refractivity contribution in [1.29, 1.82) is 0 Å². The Bertz CT molecular complexity index is 792. The van der Waals surface area contributed by atoms with Crippen molar-refractivity contribution in [1.82, 2.24) is 0 Å². The fourth-order valence-electron chi connectivity index (χ4n) is 1.60. The Labute approximate surface area is 139 Å². The summed E-state index contributed by atoms with van der Waals surface area (Å²) in [5, 5.41) is -0.183. The minimum absolute atomic E-state index is 0.0915. The third kappa shape index (κ3) is 3.60. The molecule has 0 aliphatic carbocycles. The topological polar surface area (TPSA) is 72.2 Å². The second kappa shape index (κ2) is 6.00. The van der Waals surface area contributed by atoms with Crippen LogP contribution in [0, 0.1) is 5.82 Å². The molecule has 0 saturated heterocycles. The second-order valence-electron chi connectivity index (χ2n) is 4.04. The highest BCUT2D eigenvalue weighted by molar-refractivity contribution is 9.10. The zero-order chi connectivity index (χ0) is 15.8. The van der Waals surface area contributed by atoms with Crippen molar-refractivity contribution in [2.75, 3.05) is 10.5 Å². The van der Waals surface area contributed by atoms with Gasteiger partial charge in [0, 0.05) is 10.2 Å². The maximum Gasteiger partial charge on any atom is 0.264 e. The maximum absolute atomic E-state index is 13.6. The van der Waals surface area contributed by atoms with E-state index in [9.17, 15) is 12.8 Å². The molecule has 3 N–H and O–H groups in total. The highest BCUT2D eigenvalue weighted by Crippen LogP contribution is 2.34. The highest BCUT2D eigenvalue weighted by atomic mass is 79.9. The number of hydrogen-bond acceptors (Lipinski definition) is 3. The summed E-state index contributed by atoms with van der Waals surface area (Å²) < 4.78 is 40.9. The zero-order valence-corrected chi connectivity index (χ0v) is 14.1. The van der Waals surface area contributed by atoms with Gasteiger partial charge >= 0.3 is 0 Å². The molecule has 4 nitrogen and oxygen atoms in total. The molecule has 0 fully saturated rings. The van der Waals surface area contributed by atoms with E-state index in [1.165, 1.54) is 18.2 Å². The van der Waals surface area contributed by atoms with Gasteiger partial charge in [0.25, 0.3) is 10.0 Å². The normalized spacial score (nSPS) is 11.4. The van der Waals surface area contributed by atoms with Gasteiger partial charge in [0.1, 0.15) is 10.7 Å². The molecule has 2 rings (SSSR count). The standard InChI is InChI=1S/C12H8BrCl2FN2O2S/c13-6-3-8(14)12(9(15)4-6)21(19,20)18-11-5-7(17)1-2-10(11)16/h1-5,18H,17H2. The largest absolute Gasteiger partial charge is 0.399 e. The van der Waals surface area contributed by atoms with Crippen LogP contribution in [0.1, 0.15) is 0 Å². The average molecular weight is 414 g/mol. The Balaban J connectivity index is 2.51. The number of benzene rings is 2. The van der Waals surface area contributed by atoms with Gasteiger partial charge in [0.15, 0.2) is 0 Å². The number of hydrogen-bond donors (Lipinski definition) is 2. The molecule has 0 amide bonds. The van der Waals surface area contributed by atoms with Crippen LogP contribution in [0.15, 0.2) is 39.7 Å². The van der Waals surface area contributed by atoms with Crippen LogP contribution in [-0.4, -0.2) is 8.42 Å². The van der Waals surface area contributed by atoms with Crippen LogP contribution in [0.3, 0.4) is 0 Å². The Morgan fingerprint density at radius 1 is 1.14 bits per heavy atom. The van der Waals surface area contributed by atoms with Crippen molar-refractivity contribution in [2.45, 2.75) is 4.90 Å². The monoisotopic (exact) mass is 412 g/mol. The molecule has 0 unspecified atom stereocenters. The van der Waals surface area contributed by atoms with Gasteiger partial charge in [-0.25, -0.2) is 12.8 Å². The quantitative estimate of drug-likeness (QED) is 0.737. The summed E-state index contributed by atoms with van der Waals surface area (Å²) in [5.41, 5.74) is 5.43. The van der Waals surface area contributed by atoms with Gasteiger partial charge in [0.2, 0.25) is 0 Å². The van der Waals surface area contributed by atoms with Crippen molar-refractivity contribution in [2.24, 2.45) is 0 Å². The van der Waals surface area contributed by atoms with Gasteiger partial charge in [-0.15, -0.1) is 0 Å². The van der Waals surface area contributed by atoms with Gasteiger partial charge in [-0.1, -0.05) is 39.1 Å². The van der Waals surface area contributed by atoms with Crippen molar-refractivity contribution in [3.8, 4) is 0 Å². The SMILES string of the molecule is Nc1ccc(F)c(NS(=O)(=O)c2c(Cl)cc(Br)cc2Cl)c1.